The summed E-state index contributed by atoms with van der Waals surface area (Å²) in [6.45, 7) is 1.80. The van der Waals surface area contributed by atoms with Crippen molar-refractivity contribution >= 4 is 28.5 Å². The highest BCUT2D eigenvalue weighted by molar-refractivity contribution is 8.67. The first kappa shape index (κ1) is 15.7. The first-order chi connectivity index (χ1) is 10.8. The maximum absolute atomic E-state index is 12.6. The Labute approximate surface area is 134 Å². The molecule has 0 unspecified atom stereocenters. The van der Waals surface area contributed by atoms with E-state index in [-0.39, 0.29) is 9.79 Å². The van der Waals surface area contributed by atoms with Crippen LogP contribution in [0.5, 0.6) is 0 Å². The first-order valence-electron chi connectivity index (χ1n) is 6.88. The summed E-state index contributed by atoms with van der Waals surface area (Å²) in [5.41, 5.74) is 0.854. The third kappa shape index (κ3) is 2.64. The molecule has 3 aromatic rings. The fourth-order valence-corrected chi connectivity index (χ4v) is 5.93. The van der Waals surface area contributed by atoms with Gasteiger partial charge in [-0.15, -0.1) is 0 Å². The van der Waals surface area contributed by atoms with Crippen LogP contribution in [0.3, 0.4) is 0 Å². The van der Waals surface area contributed by atoms with Crippen molar-refractivity contribution in [2.75, 3.05) is 0 Å². The summed E-state index contributed by atoms with van der Waals surface area (Å²) in [4.78, 5) is -0.451. The molecule has 0 radical (unpaired) electrons. The largest absolute Gasteiger partial charge is 0.286 e. The third-order valence-corrected chi connectivity index (χ3v) is 8.75. The fourth-order valence-electron chi connectivity index (χ4n) is 2.28. The van der Waals surface area contributed by atoms with Crippen LogP contribution in [0.2, 0.25) is 0 Å². The molecule has 3 rings (SSSR count). The number of hydrogen-bond acceptors (Lipinski definition) is 4. The van der Waals surface area contributed by atoms with E-state index in [1.807, 2.05) is 12.1 Å². The summed E-state index contributed by atoms with van der Waals surface area (Å²) < 4.78 is 50.2. The molecular formula is C17H14O4S2. The smallest absolute Gasteiger partial charge is 0.207 e. The number of benzene rings is 3. The SMILES string of the molecule is Cc1ccc(S(=O)(=O)S(=O)(=O)c2ccc3ccccc3c2)cc1. The van der Waals surface area contributed by atoms with Crippen LogP contribution < -0.4 is 0 Å². The van der Waals surface area contributed by atoms with E-state index in [0.29, 0.717) is 5.39 Å². The molecule has 0 amide bonds. The van der Waals surface area contributed by atoms with Crippen molar-refractivity contribution in [3.8, 4) is 0 Å². The van der Waals surface area contributed by atoms with Crippen molar-refractivity contribution in [2.24, 2.45) is 0 Å². The molecule has 0 heterocycles. The predicted molar refractivity (Wildman–Crippen MR) is 89.5 cm³/mol. The highest BCUT2D eigenvalue weighted by Gasteiger charge is 2.33. The number of hydrogen-bond donors (Lipinski definition) is 0. The van der Waals surface area contributed by atoms with Gasteiger partial charge < -0.3 is 0 Å². The monoisotopic (exact) mass is 346 g/mol. The molecule has 0 saturated heterocycles. The van der Waals surface area contributed by atoms with Crippen LogP contribution in [0.25, 0.3) is 10.8 Å². The van der Waals surface area contributed by atoms with Crippen molar-refractivity contribution in [2.45, 2.75) is 16.7 Å². The van der Waals surface area contributed by atoms with Crippen molar-refractivity contribution in [1.82, 2.24) is 0 Å². The molecule has 23 heavy (non-hydrogen) atoms. The molecule has 4 nitrogen and oxygen atoms in total. The Kier molecular flexibility index (Phi) is 3.74. The highest BCUT2D eigenvalue weighted by Crippen LogP contribution is 2.27. The molecule has 6 heteroatoms. The molecular weight excluding hydrogens is 332 g/mol. The molecule has 3 aromatic carbocycles. The van der Waals surface area contributed by atoms with Gasteiger partial charge in [0.25, 0.3) is 17.7 Å². The van der Waals surface area contributed by atoms with Crippen LogP contribution in [-0.4, -0.2) is 16.8 Å². The summed E-state index contributed by atoms with van der Waals surface area (Å²) in [5.74, 6) is 0. The van der Waals surface area contributed by atoms with E-state index in [9.17, 15) is 16.8 Å². The van der Waals surface area contributed by atoms with Crippen molar-refractivity contribution in [3.63, 3.8) is 0 Å². The second kappa shape index (κ2) is 5.47. The van der Waals surface area contributed by atoms with Gasteiger partial charge in [0.2, 0.25) is 0 Å². The topological polar surface area (TPSA) is 68.3 Å². The zero-order chi connectivity index (χ0) is 16.7. The van der Waals surface area contributed by atoms with E-state index in [2.05, 4.69) is 0 Å². The molecule has 0 aliphatic carbocycles. The van der Waals surface area contributed by atoms with Crippen molar-refractivity contribution < 1.29 is 16.8 Å². The van der Waals surface area contributed by atoms with Crippen LogP contribution >= 0.6 is 0 Å². The normalized spacial score (nSPS) is 12.4. The molecule has 0 spiro atoms. The second-order valence-corrected chi connectivity index (χ2v) is 10.6. The minimum absolute atomic E-state index is 0.225. The van der Waals surface area contributed by atoms with Gasteiger partial charge in [0.15, 0.2) is 0 Å². The lowest BCUT2D eigenvalue weighted by molar-refractivity contribution is 0.582. The molecule has 0 N–H and O–H groups in total. The lowest BCUT2D eigenvalue weighted by Crippen LogP contribution is -2.16. The summed E-state index contributed by atoms with van der Waals surface area (Å²) in [6, 6.07) is 17.3. The van der Waals surface area contributed by atoms with E-state index in [0.717, 1.165) is 10.9 Å². The van der Waals surface area contributed by atoms with E-state index in [1.165, 1.54) is 24.3 Å². The molecule has 0 fully saturated rings. The lowest BCUT2D eigenvalue weighted by Gasteiger charge is -2.08. The van der Waals surface area contributed by atoms with Crippen LogP contribution in [0.1, 0.15) is 5.56 Å². The van der Waals surface area contributed by atoms with Gasteiger partial charge in [-0.25, -0.2) is 16.8 Å². The molecule has 0 aromatic heterocycles. The Bertz CT molecular complexity index is 1080. The molecule has 0 bridgehead atoms. The average molecular weight is 346 g/mol. The maximum Gasteiger partial charge on any atom is 0.286 e. The van der Waals surface area contributed by atoms with Crippen LogP contribution in [0, 0.1) is 6.92 Å². The molecule has 0 aliphatic rings. The standard InChI is InChI=1S/C17H14O4S2/c1-13-6-9-16(10-7-13)22(18,19)23(20,21)17-11-8-14-4-2-3-5-15(14)12-17/h2-12H,1H3. The Balaban J connectivity index is 2.17. The van der Waals surface area contributed by atoms with Gasteiger partial charge in [-0.3, -0.25) is 0 Å². The van der Waals surface area contributed by atoms with E-state index in [1.54, 1.807) is 37.3 Å². The van der Waals surface area contributed by atoms with E-state index >= 15 is 0 Å². The maximum atomic E-state index is 12.6. The molecule has 118 valence electrons. The quantitative estimate of drug-likeness (QED) is 0.682. The van der Waals surface area contributed by atoms with Gasteiger partial charge in [0.1, 0.15) is 0 Å². The Morgan fingerprint density at radius 2 is 1.13 bits per heavy atom. The minimum atomic E-state index is -4.52. The summed E-state index contributed by atoms with van der Waals surface area (Å²) in [7, 11) is -9.03. The summed E-state index contributed by atoms with van der Waals surface area (Å²) >= 11 is 0. The summed E-state index contributed by atoms with van der Waals surface area (Å²) in [6.07, 6.45) is 0. The van der Waals surface area contributed by atoms with Gasteiger partial charge in [0, 0.05) is 0 Å². The Morgan fingerprint density at radius 1 is 0.609 bits per heavy atom. The first-order valence-corrected chi connectivity index (χ1v) is 10.4. The molecule has 0 aliphatic heterocycles. The summed E-state index contributed by atoms with van der Waals surface area (Å²) in [5, 5.41) is 1.52. The zero-order valence-corrected chi connectivity index (χ0v) is 13.9. The number of fused-ring (bicyclic) bond motifs is 1. The van der Waals surface area contributed by atoms with Crippen LogP contribution in [-0.2, 0) is 17.7 Å². The van der Waals surface area contributed by atoms with E-state index < -0.39 is 17.7 Å². The van der Waals surface area contributed by atoms with Gasteiger partial charge in [-0.05, 0) is 42.0 Å². The van der Waals surface area contributed by atoms with Crippen molar-refractivity contribution in [3.05, 3.63) is 72.3 Å². The van der Waals surface area contributed by atoms with Gasteiger partial charge in [-0.2, -0.15) is 0 Å². The predicted octanol–water partition coefficient (Wildman–Crippen LogP) is 3.31. The fraction of sp³-hybridized carbons (Fsp3) is 0.0588. The van der Waals surface area contributed by atoms with Gasteiger partial charge in [0.05, 0.1) is 9.79 Å². The highest BCUT2D eigenvalue weighted by atomic mass is 33.2. The average Bonchev–Trinajstić information content (AvgIpc) is 2.54. The Hall–Kier alpha value is -2.18. The number of aryl methyl sites for hydroxylation is 1. The second-order valence-electron chi connectivity index (χ2n) is 5.23. The van der Waals surface area contributed by atoms with Crippen LogP contribution in [0.15, 0.2) is 76.5 Å². The molecule has 0 atom stereocenters. The number of rotatable bonds is 3. The van der Waals surface area contributed by atoms with Crippen LogP contribution in [0.4, 0.5) is 0 Å². The third-order valence-electron chi connectivity index (χ3n) is 3.61. The Morgan fingerprint density at radius 3 is 1.78 bits per heavy atom. The minimum Gasteiger partial charge on any atom is -0.207 e. The van der Waals surface area contributed by atoms with Crippen molar-refractivity contribution in [1.29, 1.82) is 0 Å². The van der Waals surface area contributed by atoms with E-state index in [4.69, 9.17) is 0 Å². The van der Waals surface area contributed by atoms with Gasteiger partial charge in [-0.1, -0.05) is 48.0 Å². The molecule has 0 saturated carbocycles. The zero-order valence-electron chi connectivity index (χ0n) is 12.3. The lowest BCUT2D eigenvalue weighted by atomic mass is 10.1. The van der Waals surface area contributed by atoms with Gasteiger partial charge >= 0.3 is 0 Å².